The minimum absolute atomic E-state index is 0.0312. The molecule has 0 unspecified atom stereocenters. The summed E-state index contributed by atoms with van der Waals surface area (Å²) in [7, 11) is -3.09. The fourth-order valence-corrected chi connectivity index (χ4v) is 5.28. The Morgan fingerprint density at radius 1 is 1.03 bits per heavy atom. The Hall–Kier alpha value is -2.34. The summed E-state index contributed by atoms with van der Waals surface area (Å²) in [6, 6.07) is 15.0. The Kier molecular flexibility index (Phi) is 6.96. The van der Waals surface area contributed by atoms with Crippen molar-refractivity contribution in [2.75, 3.05) is 18.1 Å². The number of aryl methyl sites for hydroxylation is 1. The van der Waals surface area contributed by atoms with Crippen molar-refractivity contribution in [3.63, 3.8) is 0 Å². The van der Waals surface area contributed by atoms with Gasteiger partial charge in [0.15, 0.2) is 9.84 Å². The molecule has 1 aliphatic rings. The van der Waals surface area contributed by atoms with E-state index in [0.717, 1.165) is 24.2 Å². The lowest BCUT2D eigenvalue weighted by atomic mass is 10.1. The van der Waals surface area contributed by atoms with Gasteiger partial charge in [-0.2, -0.15) is 0 Å². The molecule has 6 heteroatoms. The molecule has 29 heavy (non-hydrogen) atoms. The highest BCUT2D eigenvalue weighted by Crippen LogP contribution is 2.23. The molecule has 0 N–H and O–H groups in total. The molecule has 0 aromatic heterocycles. The number of nitrogens with zero attached hydrogens (tertiary/aromatic N) is 1. The van der Waals surface area contributed by atoms with Crippen molar-refractivity contribution in [1.29, 1.82) is 0 Å². The van der Waals surface area contributed by atoms with Gasteiger partial charge in [-0.05, 0) is 54.7 Å². The van der Waals surface area contributed by atoms with Crippen LogP contribution >= 0.6 is 0 Å². The summed E-state index contributed by atoms with van der Waals surface area (Å²) >= 11 is 0. The maximum atomic E-state index is 13.3. The van der Waals surface area contributed by atoms with Crippen LogP contribution in [0.1, 0.15) is 48.2 Å². The Bertz CT molecular complexity index is 920. The van der Waals surface area contributed by atoms with Crippen molar-refractivity contribution in [1.82, 2.24) is 4.90 Å². The third-order valence-corrected chi connectivity index (χ3v) is 7.02. The predicted molar refractivity (Wildman–Crippen MR) is 115 cm³/mol. The highest BCUT2D eigenvalue weighted by Gasteiger charge is 2.35. The molecule has 156 valence electrons. The van der Waals surface area contributed by atoms with Crippen LogP contribution in [0.3, 0.4) is 0 Å². The van der Waals surface area contributed by atoms with Crippen molar-refractivity contribution >= 4 is 15.7 Å². The summed E-state index contributed by atoms with van der Waals surface area (Å²) in [6.45, 7) is 5.17. The molecule has 0 radical (unpaired) electrons. The minimum Gasteiger partial charge on any atom is -0.494 e. The zero-order chi connectivity index (χ0) is 20.9. The summed E-state index contributed by atoms with van der Waals surface area (Å²) in [5.41, 5.74) is 2.78. The summed E-state index contributed by atoms with van der Waals surface area (Å²) in [4.78, 5) is 15.0. The molecule has 2 aromatic carbocycles. The Balaban J connectivity index is 1.82. The number of sulfone groups is 1. The van der Waals surface area contributed by atoms with Gasteiger partial charge in [-0.15, -0.1) is 0 Å². The second-order valence-electron chi connectivity index (χ2n) is 7.53. The van der Waals surface area contributed by atoms with Gasteiger partial charge in [0.2, 0.25) is 0 Å². The second kappa shape index (κ2) is 9.44. The standard InChI is InChI=1S/C23H29NO4S/c1-3-14-28-22-11-9-20(10-12-22)23(25)24(21-13-15-29(26,27)17-21)16-19-7-5-18(4-2)6-8-19/h5-12,21H,3-4,13-17H2,1-2H3/t21-/m1/s1. The van der Waals surface area contributed by atoms with Gasteiger partial charge in [0, 0.05) is 18.2 Å². The summed E-state index contributed by atoms with van der Waals surface area (Å²) in [5, 5.41) is 0. The van der Waals surface area contributed by atoms with Crippen LogP contribution in [0.2, 0.25) is 0 Å². The van der Waals surface area contributed by atoms with Gasteiger partial charge in [-0.3, -0.25) is 4.79 Å². The van der Waals surface area contributed by atoms with Crippen LogP contribution in [0.15, 0.2) is 48.5 Å². The average molecular weight is 416 g/mol. The molecular formula is C23H29NO4S. The summed E-state index contributed by atoms with van der Waals surface area (Å²) in [6.07, 6.45) is 2.36. The molecule has 0 spiro atoms. The Labute approximate surface area is 173 Å². The fourth-order valence-electron chi connectivity index (χ4n) is 3.54. The average Bonchev–Trinajstić information content (AvgIpc) is 3.10. The van der Waals surface area contributed by atoms with Crippen molar-refractivity contribution < 1.29 is 17.9 Å². The normalized spacial score (nSPS) is 17.8. The van der Waals surface area contributed by atoms with E-state index in [9.17, 15) is 13.2 Å². The number of carbonyl (C=O) groups is 1. The molecule has 0 bridgehead atoms. The first-order valence-corrected chi connectivity index (χ1v) is 12.1. The van der Waals surface area contributed by atoms with Crippen LogP contribution in [-0.2, 0) is 22.8 Å². The first kappa shape index (κ1) is 21.4. The number of ether oxygens (including phenoxy) is 1. The van der Waals surface area contributed by atoms with Crippen LogP contribution in [-0.4, -0.2) is 43.4 Å². The molecule has 1 atom stereocenters. The summed E-state index contributed by atoms with van der Waals surface area (Å²) in [5.74, 6) is 0.756. The van der Waals surface area contributed by atoms with Gasteiger partial charge < -0.3 is 9.64 Å². The lowest BCUT2D eigenvalue weighted by Gasteiger charge is -2.28. The maximum absolute atomic E-state index is 13.3. The monoisotopic (exact) mass is 415 g/mol. The number of carbonyl (C=O) groups excluding carboxylic acids is 1. The van der Waals surface area contributed by atoms with E-state index in [2.05, 4.69) is 19.1 Å². The molecular weight excluding hydrogens is 386 g/mol. The largest absolute Gasteiger partial charge is 0.494 e. The van der Waals surface area contributed by atoms with Gasteiger partial charge in [-0.1, -0.05) is 38.1 Å². The highest BCUT2D eigenvalue weighted by atomic mass is 32.2. The molecule has 3 rings (SSSR count). The number of rotatable bonds is 8. The van der Waals surface area contributed by atoms with Crippen molar-refractivity contribution in [2.24, 2.45) is 0 Å². The lowest BCUT2D eigenvalue weighted by molar-refractivity contribution is 0.0681. The van der Waals surface area contributed by atoms with Gasteiger partial charge in [-0.25, -0.2) is 8.42 Å². The maximum Gasteiger partial charge on any atom is 0.254 e. The number of benzene rings is 2. The molecule has 0 aliphatic carbocycles. The number of hydrogen-bond donors (Lipinski definition) is 0. The summed E-state index contributed by atoms with van der Waals surface area (Å²) < 4.78 is 29.7. The number of amides is 1. The van der Waals surface area contributed by atoms with Gasteiger partial charge in [0.25, 0.3) is 5.91 Å². The third kappa shape index (κ3) is 5.60. The van der Waals surface area contributed by atoms with Crippen LogP contribution in [0.5, 0.6) is 5.75 Å². The Morgan fingerprint density at radius 2 is 1.69 bits per heavy atom. The van der Waals surface area contributed by atoms with E-state index in [1.165, 1.54) is 5.56 Å². The van der Waals surface area contributed by atoms with E-state index in [-0.39, 0.29) is 23.5 Å². The minimum atomic E-state index is -3.09. The molecule has 1 heterocycles. The first-order chi connectivity index (χ1) is 13.9. The number of hydrogen-bond acceptors (Lipinski definition) is 4. The van der Waals surface area contributed by atoms with Crippen LogP contribution in [0.25, 0.3) is 0 Å². The lowest BCUT2D eigenvalue weighted by Crippen LogP contribution is -2.40. The van der Waals surface area contributed by atoms with Gasteiger partial charge in [0.1, 0.15) is 5.75 Å². The van der Waals surface area contributed by atoms with E-state index in [0.29, 0.717) is 25.1 Å². The van der Waals surface area contributed by atoms with Crippen LogP contribution in [0.4, 0.5) is 0 Å². The van der Waals surface area contributed by atoms with Crippen molar-refractivity contribution in [2.45, 2.75) is 45.7 Å². The molecule has 2 aromatic rings. The van der Waals surface area contributed by atoms with Crippen LogP contribution < -0.4 is 4.74 Å². The van der Waals surface area contributed by atoms with Crippen molar-refractivity contribution in [3.05, 3.63) is 65.2 Å². The third-order valence-electron chi connectivity index (χ3n) is 5.27. The van der Waals surface area contributed by atoms with E-state index in [1.807, 2.05) is 19.1 Å². The molecule has 1 amide bonds. The predicted octanol–water partition coefficient (Wildman–Crippen LogP) is 3.87. The van der Waals surface area contributed by atoms with E-state index < -0.39 is 9.84 Å². The molecule has 1 aliphatic heterocycles. The quantitative estimate of drug-likeness (QED) is 0.657. The van der Waals surface area contributed by atoms with Crippen LogP contribution in [0, 0.1) is 0 Å². The Morgan fingerprint density at radius 3 is 2.24 bits per heavy atom. The topological polar surface area (TPSA) is 63.7 Å². The van der Waals surface area contributed by atoms with E-state index >= 15 is 0 Å². The van der Waals surface area contributed by atoms with Gasteiger partial charge in [0.05, 0.1) is 18.1 Å². The zero-order valence-corrected chi connectivity index (χ0v) is 18.0. The second-order valence-corrected chi connectivity index (χ2v) is 9.76. The smallest absolute Gasteiger partial charge is 0.254 e. The van der Waals surface area contributed by atoms with Crippen molar-refractivity contribution in [3.8, 4) is 5.75 Å². The SMILES string of the molecule is CCCOc1ccc(C(=O)N(Cc2ccc(CC)cc2)[C@@H]2CCS(=O)(=O)C2)cc1. The highest BCUT2D eigenvalue weighted by molar-refractivity contribution is 7.91. The van der Waals surface area contributed by atoms with E-state index in [1.54, 1.807) is 29.2 Å². The first-order valence-electron chi connectivity index (χ1n) is 10.2. The zero-order valence-electron chi connectivity index (χ0n) is 17.1. The molecule has 5 nitrogen and oxygen atoms in total. The molecule has 1 saturated heterocycles. The fraction of sp³-hybridized carbons (Fsp3) is 0.435. The molecule has 1 fully saturated rings. The molecule has 0 saturated carbocycles. The van der Waals surface area contributed by atoms with E-state index in [4.69, 9.17) is 4.74 Å². The van der Waals surface area contributed by atoms with Gasteiger partial charge >= 0.3 is 0 Å².